The summed E-state index contributed by atoms with van der Waals surface area (Å²) in [7, 11) is 2.79. The lowest BCUT2D eigenvalue weighted by molar-refractivity contribution is -0.182. The van der Waals surface area contributed by atoms with Gasteiger partial charge in [0.05, 0.1) is 13.2 Å². The molecule has 11 heteroatoms. The minimum Gasteiger partial charge on any atom is -0.497 e. The molecule has 4 unspecified atom stereocenters. The smallest absolute Gasteiger partial charge is 0.398 e. The lowest BCUT2D eigenvalue weighted by atomic mass is 9.98. The van der Waals surface area contributed by atoms with Gasteiger partial charge in [0.15, 0.2) is 18.4 Å². The average Bonchev–Trinajstić information content (AvgIpc) is 3.10. The maximum atomic E-state index is 13.9. The van der Waals surface area contributed by atoms with Crippen LogP contribution in [0.1, 0.15) is 43.1 Å². The van der Waals surface area contributed by atoms with Gasteiger partial charge in [-0.3, -0.25) is 4.79 Å². The molecule has 0 spiro atoms. The van der Waals surface area contributed by atoms with Gasteiger partial charge >= 0.3 is 12.1 Å². The van der Waals surface area contributed by atoms with Crippen LogP contribution in [0, 0.1) is 5.92 Å². The molecule has 2 aliphatic rings. The topological polar surface area (TPSA) is 89.5 Å². The van der Waals surface area contributed by atoms with Crippen LogP contribution in [0.2, 0.25) is 0 Å². The van der Waals surface area contributed by atoms with Gasteiger partial charge < -0.3 is 28.4 Å². The van der Waals surface area contributed by atoms with Gasteiger partial charge in [0.2, 0.25) is 0 Å². The number of hydrogen-bond acceptors (Lipinski definition) is 8. The molecular weight excluding hydrogens is 485 g/mol. The van der Waals surface area contributed by atoms with Crippen molar-refractivity contribution in [2.24, 2.45) is 5.92 Å². The number of ether oxygens (including phenoxy) is 6. The van der Waals surface area contributed by atoms with Crippen molar-refractivity contribution < 1.29 is 51.2 Å². The zero-order valence-electron chi connectivity index (χ0n) is 20.6. The second-order valence-electron chi connectivity index (χ2n) is 8.81. The van der Waals surface area contributed by atoms with Crippen LogP contribution in [-0.2, 0) is 23.7 Å². The molecule has 198 valence electrons. The van der Waals surface area contributed by atoms with Gasteiger partial charge in [-0.15, -0.1) is 0 Å². The first-order valence-corrected chi connectivity index (χ1v) is 11.2. The Hall–Kier alpha value is -2.89. The molecule has 0 bridgehead atoms. The maximum absolute atomic E-state index is 13.9. The van der Waals surface area contributed by atoms with E-state index < -0.39 is 47.9 Å². The van der Waals surface area contributed by atoms with Gasteiger partial charge in [-0.2, -0.15) is 13.2 Å². The van der Waals surface area contributed by atoms with E-state index in [0.717, 1.165) is 13.0 Å². The predicted octanol–water partition coefficient (Wildman–Crippen LogP) is 4.46. The lowest BCUT2D eigenvalue weighted by Gasteiger charge is -2.25. The first kappa shape index (κ1) is 27.7. The Morgan fingerprint density at radius 1 is 1.11 bits per heavy atom. The number of ketones is 1. The van der Waals surface area contributed by atoms with Crippen LogP contribution < -0.4 is 9.47 Å². The number of methoxy groups -OCH3 is 2. The van der Waals surface area contributed by atoms with E-state index in [2.05, 4.69) is 0 Å². The largest absolute Gasteiger partial charge is 0.497 e. The Labute approximate surface area is 206 Å². The highest BCUT2D eigenvalue weighted by Gasteiger charge is 2.46. The van der Waals surface area contributed by atoms with Crippen LogP contribution in [0.3, 0.4) is 0 Å². The number of fused-ring (bicyclic) bond motifs is 2. The number of rotatable bonds is 4. The number of carbonyl (C=O) groups is 2. The highest BCUT2D eigenvalue weighted by Crippen LogP contribution is 2.36. The van der Waals surface area contributed by atoms with E-state index in [0.29, 0.717) is 11.8 Å². The van der Waals surface area contributed by atoms with E-state index >= 15 is 0 Å². The fourth-order valence-electron chi connectivity index (χ4n) is 4.02. The molecule has 0 amide bonds. The molecule has 2 heterocycles. The standard InChI is InChI=1S/C25H29F3O8/c1-14-17(25(26,27)28)9-10-18(29)22-19(35-24(2,3)36-22)8-6-7-15-11-16(32-5)12-20(33-13-31-4)21(15)23(30)34-14/h6-7,9-12,14,17,19,22H,8,13H2,1-5H3/b7-6+,10-9-. The second-order valence-corrected chi connectivity index (χ2v) is 8.81. The molecule has 1 fully saturated rings. The molecule has 1 aromatic rings. The third kappa shape index (κ3) is 6.45. The van der Waals surface area contributed by atoms with E-state index in [9.17, 15) is 22.8 Å². The van der Waals surface area contributed by atoms with Crippen LogP contribution in [0.4, 0.5) is 13.2 Å². The summed E-state index contributed by atoms with van der Waals surface area (Å²) in [6.07, 6.45) is -3.43. The van der Waals surface area contributed by atoms with Gasteiger partial charge in [-0.05, 0) is 44.9 Å². The summed E-state index contributed by atoms with van der Waals surface area (Å²) in [6, 6.07) is 2.93. The Bertz CT molecular complexity index is 1030. The number of carbonyl (C=O) groups excluding carboxylic acids is 2. The minimum atomic E-state index is -4.79. The van der Waals surface area contributed by atoms with Crippen molar-refractivity contribution in [2.45, 2.75) is 57.5 Å². The molecule has 4 atom stereocenters. The maximum Gasteiger partial charge on any atom is 0.398 e. The molecular formula is C25H29F3O8. The SMILES string of the molecule is COCOc1cc(OC)cc2c1C(=O)OC(C)C(C(F)(F)F)/C=C\C(=O)C1OC(C)(C)OC1C/C=C/2. The Morgan fingerprint density at radius 2 is 1.83 bits per heavy atom. The average molecular weight is 514 g/mol. The molecule has 1 aromatic carbocycles. The number of alkyl halides is 3. The molecule has 1 saturated heterocycles. The van der Waals surface area contributed by atoms with Crippen molar-refractivity contribution in [3.63, 3.8) is 0 Å². The number of hydrogen-bond donors (Lipinski definition) is 0. The fraction of sp³-hybridized carbons (Fsp3) is 0.520. The Balaban J connectivity index is 2.14. The van der Waals surface area contributed by atoms with E-state index in [1.807, 2.05) is 0 Å². The highest BCUT2D eigenvalue weighted by molar-refractivity contribution is 5.97. The monoisotopic (exact) mass is 514 g/mol. The summed E-state index contributed by atoms with van der Waals surface area (Å²) in [5, 5.41) is 0. The summed E-state index contributed by atoms with van der Waals surface area (Å²) in [6.45, 7) is 4.10. The quantitative estimate of drug-likeness (QED) is 0.430. The van der Waals surface area contributed by atoms with Crippen molar-refractivity contribution >= 4 is 17.8 Å². The number of benzene rings is 1. The fourth-order valence-corrected chi connectivity index (χ4v) is 4.02. The molecule has 0 aromatic heterocycles. The normalized spacial score (nSPS) is 28.3. The van der Waals surface area contributed by atoms with Crippen LogP contribution in [0.25, 0.3) is 6.08 Å². The zero-order valence-corrected chi connectivity index (χ0v) is 20.6. The van der Waals surface area contributed by atoms with Gasteiger partial charge in [-0.25, -0.2) is 4.79 Å². The number of cyclic esters (lactones) is 1. The molecule has 0 radical (unpaired) electrons. The molecule has 2 aliphatic heterocycles. The van der Waals surface area contributed by atoms with Crippen LogP contribution in [0.15, 0.2) is 30.4 Å². The number of halogens is 3. The Kier molecular flexibility index (Phi) is 8.48. The lowest BCUT2D eigenvalue weighted by Crippen LogP contribution is -2.35. The first-order chi connectivity index (χ1) is 16.9. The summed E-state index contributed by atoms with van der Waals surface area (Å²) in [5.74, 6) is -4.74. The van der Waals surface area contributed by atoms with Crippen molar-refractivity contribution in [1.82, 2.24) is 0 Å². The zero-order chi connectivity index (χ0) is 26.7. The molecule has 0 N–H and O–H groups in total. The molecule has 3 rings (SSSR count). The van der Waals surface area contributed by atoms with Crippen molar-refractivity contribution in [1.29, 1.82) is 0 Å². The van der Waals surface area contributed by atoms with Crippen LogP contribution in [-0.4, -0.2) is 63.0 Å². The number of esters is 1. The van der Waals surface area contributed by atoms with E-state index in [1.54, 1.807) is 26.0 Å². The van der Waals surface area contributed by atoms with Crippen molar-refractivity contribution in [3.8, 4) is 11.5 Å². The van der Waals surface area contributed by atoms with Gasteiger partial charge in [-0.1, -0.05) is 18.2 Å². The van der Waals surface area contributed by atoms with E-state index in [1.165, 1.54) is 26.4 Å². The van der Waals surface area contributed by atoms with Crippen molar-refractivity contribution in [3.05, 3.63) is 41.5 Å². The van der Waals surface area contributed by atoms with Gasteiger partial charge in [0.25, 0.3) is 0 Å². The third-order valence-electron chi connectivity index (χ3n) is 5.65. The second kappa shape index (κ2) is 11.0. The minimum absolute atomic E-state index is 0.00822. The molecule has 0 saturated carbocycles. The van der Waals surface area contributed by atoms with Gasteiger partial charge in [0.1, 0.15) is 35.2 Å². The Morgan fingerprint density at radius 3 is 2.47 bits per heavy atom. The van der Waals surface area contributed by atoms with Crippen molar-refractivity contribution in [2.75, 3.05) is 21.0 Å². The van der Waals surface area contributed by atoms with E-state index in [4.69, 9.17) is 28.4 Å². The van der Waals surface area contributed by atoms with Crippen LogP contribution >= 0.6 is 0 Å². The summed E-state index contributed by atoms with van der Waals surface area (Å²) >= 11 is 0. The highest BCUT2D eigenvalue weighted by atomic mass is 19.4. The first-order valence-electron chi connectivity index (χ1n) is 11.2. The molecule has 36 heavy (non-hydrogen) atoms. The molecule has 8 nitrogen and oxygen atoms in total. The summed E-state index contributed by atoms with van der Waals surface area (Å²) < 4.78 is 74.1. The van der Waals surface area contributed by atoms with Crippen LogP contribution in [0.5, 0.6) is 11.5 Å². The predicted molar refractivity (Wildman–Crippen MR) is 122 cm³/mol. The summed E-state index contributed by atoms with van der Waals surface area (Å²) in [4.78, 5) is 25.9. The van der Waals surface area contributed by atoms with E-state index in [-0.39, 0.29) is 30.1 Å². The third-order valence-corrected chi connectivity index (χ3v) is 5.65. The van der Waals surface area contributed by atoms with Gasteiger partial charge in [0, 0.05) is 13.2 Å². The molecule has 0 aliphatic carbocycles. The summed E-state index contributed by atoms with van der Waals surface area (Å²) in [5.41, 5.74) is 0.171.